The van der Waals surface area contributed by atoms with Gasteiger partial charge >= 0.3 is 0 Å². The lowest BCUT2D eigenvalue weighted by Crippen LogP contribution is -2.43. The van der Waals surface area contributed by atoms with Gasteiger partial charge in [0.15, 0.2) is 5.96 Å². The molecule has 0 aromatic heterocycles. The number of likely N-dealkylation sites (tertiary alicyclic amines) is 1. The molecule has 1 saturated heterocycles. The summed E-state index contributed by atoms with van der Waals surface area (Å²) in [4.78, 5) is 34.2. The molecule has 7 heteroatoms. The fraction of sp³-hybridized carbons (Fsp3) is 0.783. The number of nitrogens with one attached hydrogen (secondary N) is 2. The number of guanidine groups is 1. The molecule has 2 aliphatic carbocycles. The second-order valence-electron chi connectivity index (χ2n) is 8.71. The van der Waals surface area contributed by atoms with Gasteiger partial charge in [0.1, 0.15) is 0 Å². The molecule has 1 saturated carbocycles. The highest BCUT2D eigenvalue weighted by molar-refractivity contribution is 6.06. The van der Waals surface area contributed by atoms with Gasteiger partial charge in [-0.3, -0.25) is 19.5 Å². The second-order valence-corrected chi connectivity index (χ2v) is 8.71. The van der Waals surface area contributed by atoms with Crippen LogP contribution in [0.2, 0.25) is 0 Å². The lowest BCUT2D eigenvalue weighted by molar-refractivity contribution is -0.140. The van der Waals surface area contributed by atoms with Gasteiger partial charge in [-0.15, -0.1) is 0 Å². The third-order valence-electron chi connectivity index (χ3n) is 6.52. The van der Waals surface area contributed by atoms with Gasteiger partial charge in [0.05, 0.1) is 11.8 Å². The molecule has 30 heavy (non-hydrogen) atoms. The Morgan fingerprint density at radius 1 is 1.03 bits per heavy atom. The van der Waals surface area contributed by atoms with E-state index in [2.05, 4.69) is 46.5 Å². The third kappa shape index (κ3) is 5.05. The van der Waals surface area contributed by atoms with Crippen molar-refractivity contribution in [2.45, 2.75) is 46.5 Å². The average Bonchev–Trinajstić information content (AvgIpc) is 3.41. The number of amides is 2. The van der Waals surface area contributed by atoms with Crippen molar-refractivity contribution in [3.63, 3.8) is 0 Å². The predicted octanol–water partition coefficient (Wildman–Crippen LogP) is 1.86. The SMILES string of the molecule is CCCN(CCC)CCCN=C(NCC)NCCN1C(=O)C2C3C=CC(C3)C2C1=O. The smallest absolute Gasteiger partial charge is 0.233 e. The van der Waals surface area contributed by atoms with Gasteiger partial charge in [0, 0.05) is 26.2 Å². The fourth-order valence-electron chi connectivity index (χ4n) is 5.27. The molecule has 1 heterocycles. The van der Waals surface area contributed by atoms with E-state index in [9.17, 15) is 9.59 Å². The quantitative estimate of drug-likeness (QED) is 0.167. The van der Waals surface area contributed by atoms with Crippen molar-refractivity contribution in [1.29, 1.82) is 0 Å². The Balaban J connectivity index is 1.43. The van der Waals surface area contributed by atoms with Gasteiger partial charge in [-0.1, -0.05) is 26.0 Å². The van der Waals surface area contributed by atoms with Crippen LogP contribution in [0.15, 0.2) is 17.1 Å². The summed E-state index contributed by atoms with van der Waals surface area (Å²) >= 11 is 0. The van der Waals surface area contributed by atoms with E-state index in [-0.39, 0.29) is 35.5 Å². The van der Waals surface area contributed by atoms with E-state index in [1.807, 2.05) is 6.92 Å². The predicted molar refractivity (Wildman–Crippen MR) is 120 cm³/mol. The molecule has 3 aliphatic rings. The molecule has 0 aromatic rings. The monoisotopic (exact) mass is 417 g/mol. The molecule has 2 N–H and O–H groups in total. The highest BCUT2D eigenvalue weighted by Crippen LogP contribution is 2.52. The van der Waals surface area contributed by atoms with Gasteiger partial charge in [0.25, 0.3) is 0 Å². The first-order valence-corrected chi connectivity index (χ1v) is 11.9. The number of aliphatic imine (C=N–C) groups is 1. The van der Waals surface area contributed by atoms with Crippen LogP contribution in [-0.4, -0.2) is 73.4 Å². The van der Waals surface area contributed by atoms with E-state index in [0.717, 1.165) is 51.5 Å². The first kappa shape index (κ1) is 22.8. The summed E-state index contributed by atoms with van der Waals surface area (Å²) in [5.41, 5.74) is 0. The number of imide groups is 1. The zero-order valence-corrected chi connectivity index (χ0v) is 18.9. The van der Waals surface area contributed by atoms with Crippen LogP contribution in [0.25, 0.3) is 0 Å². The van der Waals surface area contributed by atoms with Crippen molar-refractivity contribution < 1.29 is 9.59 Å². The van der Waals surface area contributed by atoms with E-state index >= 15 is 0 Å². The van der Waals surface area contributed by atoms with Crippen LogP contribution in [-0.2, 0) is 9.59 Å². The third-order valence-corrected chi connectivity index (χ3v) is 6.52. The number of allylic oxidation sites excluding steroid dienone is 2. The molecule has 4 unspecified atom stereocenters. The maximum absolute atomic E-state index is 12.8. The van der Waals surface area contributed by atoms with Gasteiger partial charge in [-0.25, -0.2) is 0 Å². The van der Waals surface area contributed by atoms with Crippen LogP contribution >= 0.6 is 0 Å². The fourth-order valence-corrected chi connectivity index (χ4v) is 5.27. The van der Waals surface area contributed by atoms with Crippen LogP contribution in [0.5, 0.6) is 0 Å². The number of hydrogen-bond donors (Lipinski definition) is 2. The summed E-state index contributed by atoms with van der Waals surface area (Å²) in [6.45, 7) is 12.3. The van der Waals surface area contributed by atoms with Crippen molar-refractivity contribution in [2.24, 2.45) is 28.7 Å². The number of rotatable bonds is 12. The van der Waals surface area contributed by atoms with Crippen molar-refractivity contribution in [1.82, 2.24) is 20.4 Å². The number of carbonyl (C=O) groups excluding carboxylic acids is 2. The topological polar surface area (TPSA) is 77.0 Å². The zero-order chi connectivity index (χ0) is 21.5. The summed E-state index contributed by atoms with van der Waals surface area (Å²) in [6, 6.07) is 0. The zero-order valence-electron chi connectivity index (χ0n) is 18.9. The maximum Gasteiger partial charge on any atom is 0.233 e. The number of nitrogens with zero attached hydrogens (tertiary/aromatic N) is 3. The first-order valence-electron chi connectivity index (χ1n) is 11.9. The number of fused-ring (bicyclic) bond motifs is 5. The molecular formula is C23H39N5O2. The lowest BCUT2D eigenvalue weighted by atomic mass is 9.85. The van der Waals surface area contributed by atoms with E-state index in [1.165, 1.54) is 17.7 Å². The van der Waals surface area contributed by atoms with Crippen LogP contribution in [0.1, 0.15) is 46.5 Å². The highest BCUT2D eigenvalue weighted by atomic mass is 16.2. The van der Waals surface area contributed by atoms with E-state index < -0.39 is 0 Å². The molecule has 168 valence electrons. The van der Waals surface area contributed by atoms with Crippen molar-refractivity contribution in [3.05, 3.63) is 12.2 Å². The molecule has 0 aromatic carbocycles. The standard InChI is InChI=1S/C23H39N5O2/c1-4-12-27(13-5-2)14-7-10-25-23(24-6-3)26-11-15-28-21(29)19-17-8-9-18(16-17)20(19)22(28)30/h8-9,17-20H,4-7,10-16H2,1-3H3,(H2,24,25,26). The lowest BCUT2D eigenvalue weighted by Gasteiger charge is -2.20. The largest absolute Gasteiger partial charge is 0.357 e. The minimum atomic E-state index is -0.108. The molecule has 1 aliphatic heterocycles. The Labute approximate surface area is 181 Å². The molecule has 2 fully saturated rings. The van der Waals surface area contributed by atoms with Crippen LogP contribution in [0, 0.1) is 23.7 Å². The highest BCUT2D eigenvalue weighted by Gasteiger charge is 2.58. The summed E-state index contributed by atoms with van der Waals surface area (Å²) in [5, 5.41) is 6.55. The van der Waals surface area contributed by atoms with Gasteiger partial charge in [0.2, 0.25) is 11.8 Å². The van der Waals surface area contributed by atoms with Crippen LogP contribution in [0.4, 0.5) is 0 Å². The van der Waals surface area contributed by atoms with Crippen LogP contribution < -0.4 is 10.6 Å². The van der Waals surface area contributed by atoms with Gasteiger partial charge in [-0.05, 0) is 64.1 Å². The van der Waals surface area contributed by atoms with E-state index in [0.29, 0.717) is 13.1 Å². The average molecular weight is 418 g/mol. The van der Waals surface area contributed by atoms with E-state index in [4.69, 9.17) is 0 Å². The van der Waals surface area contributed by atoms with Gasteiger partial charge < -0.3 is 15.5 Å². The number of carbonyl (C=O) groups is 2. The van der Waals surface area contributed by atoms with Crippen molar-refractivity contribution >= 4 is 17.8 Å². The summed E-state index contributed by atoms with van der Waals surface area (Å²) in [5.74, 6) is 1.14. The molecule has 0 spiro atoms. The normalized spacial score (nSPS) is 27.5. The summed E-state index contributed by atoms with van der Waals surface area (Å²) in [6.07, 6.45) is 8.64. The molecule has 2 amide bonds. The maximum atomic E-state index is 12.8. The Kier molecular flexibility index (Phi) is 8.31. The molecule has 2 bridgehead atoms. The van der Waals surface area contributed by atoms with Crippen molar-refractivity contribution in [2.75, 3.05) is 45.8 Å². The van der Waals surface area contributed by atoms with Gasteiger partial charge in [-0.2, -0.15) is 0 Å². The van der Waals surface area contributed by atoms with E-state index in [1.54, 1.807) is 0 Å². The minimum absolute atomic E-state index is 0.0255. The summed E-state index contributed by atoms with van der Waals surface area (Å²) in [7, 11) is 0. The molecule has 7 nitrogen and oxygen atoms in total. The van der Waals surface area contributed by atoms with Crippen LogP contribution in [0.3, 0.4) is 0 Å². The Morgan fingerprint density at radius 3 is 2.23 bits per heavy atom. The Morgan fingerprint density at radius 2 is 1.67 bits per heavy atom. The molecule has 3 rings (SSSR count). The minimum Gasteiger partial charge on any atom is -0.357 e. The first-order chi connectivity index (χ1) is 14.6. The second kappa shape index (κ2) is 10.9. The Bertz CT molecular complexity index is 626. The number of hydrogen-bond acceptors (Lipinski definition) is 4. The Hall–Kier alpha value is -1.89. The molecule has 4 atom stereocenters. The molecule has 0 radical (unpaired) electrons. The summed E-state index contributed by atoms with van der Waals surface area (Å²) < 4.78 is 0. The molecular weight excluding hydrogens is 378 g/mol. The van der Waals surface area contributed by atoms with Crippen molar-refractivity contribution in [3.8, 4) is 0 Å².